The minimum absolute atomic E-state index is 0.501. The second-order valence-electron chi connectivity index (χ2n) is 4.54. The second kappa shape index (κ2) is 5.12. The van der Waals surface area contributed by atoms with E-state index in [1.165, 1.54) is 17.5 Å². The van der Waals surface area contributed by atoms with Crippen molar-refractivity contribution in [3.63, 3.8) is 0 Å². The quantitative estimate of drug-likeness (QED) is 0.893. The van der Waals surface area contributed by atoms with Crippen LogP contribution in [0.25, 0.3) is 10.2 Å². The van der Waals surface area contributed by atoms with Crippen LogP contribution < -0.4 is 15.4 Å². The van der Waals surface area contributed by atoms with Crippen LogP contribution in [0.5, 0.6) is 5.75 Å². The van der Waals surface area contributed by atoms with Crippen molar-refractivity contribution in [2.75, 3.05) is 25.5 Å². The molecule has 1 aliphatic rings. The molecule has 0 bridgehead atoms. The summed E-state index contributed by atoms with van der Waals surface area (Å²) in [4.78, 5) is 4.61. The molecule has 1 aromatic carbocycles. The van der Waals surface area contributed by atoms with Crippen molar-refractivity contribution < 1.29 is 4.74 Å². The molecule has 3 rings (SSSR count). The highest BCUT2D eigenvalue weighted by Gasteiger charge is 2.14. The number of methoxy groups -OCH3 is 1. The molecule has 0 amide bonds. The van der Waals surface area contributed by atoms with Gasteiger partial charge in [-0.2, -0.15) is 0 Å². The van der Waals surface area contributed by atoms with E-state index >= 15 is 0 Å². The number of fused-ring (bicyclic) bond motifs is 1. The van der Waals surface area contributed by atoms with Gasteiger partial charge in [-0.05, 0) is 37.6 Å². The Hall–Kier alpha value is -1.33. The van der Waals surface area contributed by atoms with E-state index in [4.69, 9.17) is 4.74 Å². The maximum Gasteiger partial charge on any atom is 0.184 e. The van der Waals surface area contributed by atoms with Crippen molar-refractivity contribution in [2.24, 2.45) is 0 Å². The van der Waals surface area contributed by atoms with Gasteiger partial charge in [0.2, 0.25) is 0 Å². The first-order valence-electron chi connectivity index (χ1n) is 6.27. The first kappa shape index (κ1) is 11.7. The molecule has 1 fully saturated rings. The number of ether oxygens (including phenoxy) is 1. The average Bonchev–Trinajstić information content (AvgIpc) is 2.80. The van der Waals surface area contributed by atoms with Crippen LogP contribution in [0, 0.1) is 0 Å². The fourth-order valence-corrected chi connectivity index (χ4v) is 3.21. The highest BCUT2D eigenvalue weighted by atomic mass is 32.1. The van der Waals surface area contributed by atoms with Gasteiger partial charge in [-0.15, -0.1) is 0 Å². The third kappa shape index (κ3) is 2.42. The first-order chi connectivity index (χ1) is 8.85. The predicted molar refractivity (Wildman–Crippen MR) is 75.7 cm³/mol. The largest absolute Gasteiger partial charge is 0.497 e. The van der Waals surface area contributed by atoms with E-state index in [1.54, 1.807) is 18.4 Å². The van der Waals surface area contributed by atoms with Gasteiger partial charge in [-0.1, -0.05) is 11.3 Å². The number of nitrogens with zero attached hydrogens (tertiary/aromatic N) is 1. The van der Waals surface area contributed by atoms with Gasteiger partial charge in [0.1, 0.15) is 5.75 Å². The van der Waals surface area contributed by atoms with Gasteiger partial charge in [0, 0.05) is 12.6 Å². The number of aromatic nitrogens is 1. The Balaban J connectivity index is 1.79. The molecule has 96 valence electrons. The summed E-state index contributed by atoms with van der Waals surface area (Å²) >= 11 is 1.69. The smallest absolute Gasteiger partial charge is 0.184 e. The molecule has 2 heterocycles. The second-order valence-corrected chi connectivity index (χ2v) is 5.57. The molecule has 0 spiro atoms. The third-order valence-electron chi connectivity index (χ3n) is 3.22. The van der Waals surface area contributed by atoms with Crippen LogP contribution in [-0.2, 0) is 0 Å². The van der Waals surface area contributed by atoms with Crippen LogP contribution >= 0.6 is 11.3 Å². The molecule has 1 saturated heterocycles. The lowest BCUT2D eigenvalue weighted by atomic mass is 10.1. The summed E-state index contributed by atoms with van der Waals surface area (Å²) in [6.45, 7) is 2.16. The van der Waals surface area contributed by atoms with Crippen molar-refractivity contribution in [3.05, 3.63) is 18.2 Å². The molecule has 0 saturated carbocycles. The molecule has 5 heteroatoms. The number of rotatable bonds is 3. The summed E-state index contributed by atoms with van der Waals surface area (Å²) < 4.78 is 6.40. The van der Waals surface area contributed by atoms with E-state index in [0.29, 0.717) is 6.04 Å². The Morgan fingerprint density at radius 3 is 3.22 bits per heavy atom. The topological polar surface area (TPSA) is 46.2 Å². The summed E-state index contributed by atoms with van der Waals surface area (Å²) in [5, 5.41) is 7.92. The summed E-state index contributed by atoms with van der Waals surface area (Å²) in [5.74, 6) is 0.886. The van der Waals surface area contributed by atoms with E-state index in [0.717, 1.165) is 29.5 Å². The van der Waals surface area contributed by atoms with E-state index in [2.05, 4.69) is 15.6 Å². The maximum atomic E-state index is 5.23. The molecule has 2 aromatic rings. The molecular weight excluding hydrogens is 246 g/mol. The lowest BCUT2D eigenvalue weighted by Crippen LogP contribution is -2.38. The van der Waals surface area contributed by atoms with E-state index in [-0.39, 0.29) is 0 Å². The fraction of sp³-hybridized carbons (Fsp3) is 0.462. The van der Waals surface area contributed by atoms with Crippen LogP contribution in [0.4, 0.5) is 5.13 Å². The Morgan fingerprint density at radius 2 is 2.44 bits per heavy atom. The minimum Gasteiger partial charge on any atom is -0.497 e. The van der Waals surface area contributed by atoms with E-state index in [9.17, 15) is 0 Å². The highest BCUT2D eigenvalue weighted by Crippen LogP contribution is 2.29. The van der Waals surface area contributed by atoms with Crippen molar-refractivity contribution in [3.8, 4) is 5.75 Å². The van der Waals surface area contributed by atoms with Crippen molar-refractivity contribution >= 4 is 26.7 Å². The van der Waals surface area contributed by atoms with Gasteiger partial charge in [0.15, 0.2) is 5.13 Å². The monoisotopic (exact) mass is 263 g/mol. The van der Waals surface area contributed by atoms with E-state index < -0.39 is 0 Å². The van der Waals surface area contributed by atoms with Crippen molar-refractivity contribution in [2.45, 2.75) is 18.9 Å². The van der Waals surface area contributed by atoms with Crippen molar-refractivity contribution in [1.29, 1.82) is 0 Å². The molecule has 0 unspecified atom stereocenters. The lowest BCUT2D eigenvalue weighted by Gasteiger charge is -2.23. The predicted octanol–water partition coefficient (Wildman–Crippen LogP) is 2.47. The van der Waals surface area contributed by atoms with Gasteiger partial charge in [0.25, 0.3) is 0 Å². The van der Waals surface area contributed by atoms with Crippen LogP contribution in [0.15, 0.2) is 18.2 Å². The Kier molecular flexibility index (Phi) is 3.34. The standard InChI is InChI=1S/C13H17N3OS/c1-17-10-4-5-11-12(7-10)18-13(16-11)15-9-3-2-6-14-8-9/h4-5,7,9,14H,2-3,6,8H2,1H3,(H,15,16)/t9-/m0/s1. The SMILES string of the molecule is COc1ccc2nc(N[C@H]3CCCNC3)sc2c1. The minimum atomic E-state index is 0.501. The van der Waals surface area contributed by atoms with Gasteiger partial charge in [0.05, 0.1) is 17.3 Å². The zero-order valence-corrected chi connectivity index (χ0v) is 11.2. The summed E-state index contributed by atoms with van der Waals surface area (Å²) in [6.07, 6.45) is 2.45. The molecular formula is C13H17N3OS. The Bertz CT molecular complexity index is 534. The summed E-state index contributed by atoms with van der Waals surface area (Å²) in [7, 11) is 1.69. The molecule has 2 N–H and O–H groups in total. The number of nitrogens with one attached hydrogen (secondary N) is 2. The third-order valence-corrected chi connectivity index (χ3v) is 4.17. The van der Waals surface area contributed by atoms with Gasteiger partial charge < -0.3 is 15.4 Å². The number of thiazole rings is 1. The fourth-order valence-electron chi connectivity index (χ4n) is 2.24. The molecule has 1 atom stereocenters. The van der Waals surface area contributed by atoms with Crippen LogP contribution in [0.1, 0.15) is 12.8 Å². The van der Waals surface area contributed by atoms with E-state index in [1.807, 2.05) is 18.2 Å². The number of hydrogen-bond acceptors (Lipinski definition) is 5. The molecule has 1 aromatic heterocycles. The molecule has 0 radical (unpaired) electrons. The first-order valence-corrected chi connectivity index (χ1v) is 7.08. The maximum absolute atomic E-state index is 5.23. The van der Waals surface area contributed by atoms with Gasteiger partial charge in [-0.3, -0.25) is 0 Å². The van der Waals surface area contributed by atoms with Crippen LogP contribution in [0.3, 0.4) is 0 Å². The van der Waals surface area contributed by atoms with Crippen molar-refractivity contribution in [1.82, 2.24) is 10.3 Å². The Labute approximate surface area is 110 Å². The molecule has 18 heavy (non-hydrogen) atoms. The number of benzene rings is 1. The van der Waals surface area contributed by atoms with Gasteiger partial charge in [-0.25, -0.2) is 4.98 Å². The number of hydrogen-bond donors (Lipinski definition) is 2. The number of anilines is 1. The summed E-state index contributed by atoms with van der Waals surface area (Å²) in [5.41, 5.74) is 1.03. The zero-order valence-electron chi connectivity index (χ0n) is 10.4. The lowest BCUT2D eigenvalue weighted by molar-refractivity contribution is 0.415. The highest BCUT2D eigenvalue weighted by molar-refractivity contribution is 7.22. The molecule has 0 aliphatic carbocycles. The summed E-state index contributed by atoms with van der Waals surface area (Å²) in [6, 6.07) is 6.50. The molecule has 4 nitrogen and oxygen atoms in total. The van der Waals surface area contributed by atoms with Gasteiger partial charge >= 0.3 is 0 Å². The van der Waals surface area contributed by atoms with Crippen LogP contribution in [-0.4, -0.2) is 31.2 Å². The van der Waals surface area contributed by atoms with Crippen LogP contribution in [0.2, 0.25) is 0 Å². The average molecular weight is 263 g/mol. The normalized spacial score (nSPS) is 19.9. The number of piperidine rings is 1. The zero-order chi connectivity index (χ0) is 12.4. The molecule has 1 aliphatic heterocycles. The Morgan fingerprint density at radius 1 is 1.50 bits per heavy atom.